The molecule has 1 heteroatoms. The Labute approximate surface area is 83.3 Å². The maximum atomic E-state index is 3.59. The molecule has 0 aromatic carbocycles. The zero-order chi connectivity index (χ0) is 9.52. The van der Waals surface area contributed by atoms with Gasteiger partial charge < -0.3 is 5.32 Å². The summed E-state index contributed by atoms with van der Waals surface area (Å²) in [6, 6.07) is 0.834. The molecule has 13 heavy (non-hydrogen) atoms. The third kappa shape index (κ3) is 4.12. The second-order valence-corrected chi connectivity index (χ2v) is 4.43. The average Bonchev–Trinajstić information content (AvgIpc) is 2.16. The van der Waals surface area contributed by atoms with E-state index in [1.165, 1.54) is 44.9 Å². The topological polar surface area (TPSA) is 12.0 Å². The SMILES string of the molecule is CCCCC1CCCC(NCC)C1. The van der Waals surface area contributed by atoms with Crippen molar-refractivity contribution in [3.63, 3.8) is 0 Å². The molecule has 1 rings (SSSR count). The molecule has 1 nitrogen and oxygen atoms in total. The molecule has 0 spiro atoms. The molecule has 78 valence electrons. The lowest BCUT2D eigenvalue weighted by Gasteiger charge is -2.29. The van der Waals surface area contributed by atoms with Crippen LogP contribution in [0.15, 0.2) is 0 Å². The molecule has 2 atom stereocenters. The lowest BCUT2D eigenvalue weighted by atomic mass is 9.83. The van der Waals surface area contributed by atoms with E-state index < -0.39 is 0 Å². The van der Waals surface area contributed by atoms with Crippen LogP contribution >= 0.6 is 0 Å². The third-order valence-corrected chi connectivity index (χ3v) is 3.24. The van der Waals surface area contributed by atoms with Crippen molar-refractivity contribution in [2.45, 2.75) is 64.8 Å². The van der Waals surface area contributed by atoms with Gasteiger partial charge in [0.15, 0.2) is 0 Å². The molecular weight excluding hydrogens is 158 g/mol. The maximum Gasteiger partial charge on any atom is 0.00695 e. The summed E-state index contributed by atoms with van der Waals surface area (Å²) in [7, 11) is 0. The van der Waals surface area contributed by atoms with Gasteiger partial charge in [0.2, 0.25) is 0 Å². The molecule has 0 aliphatic heterocycles. The van der Waals surface area contributed by atoms with Crippen LogP contribution in [0.5, 0.6) is 0 Å². The largest absolute Gasteiger partial charge is 0.314 e. The highest BCUT2D eigenvalue weighted by Crippen LogP contribution is 2.28. The van der Waals surface area contributed by atoms with Crippen LogP contribution in [0.4, 0.5) is 0 Å². The molecular formula is C12H25N. The van der Waals surface area contributed by atoms with Crippen molar-refractivity contribution in [2.24, 2.45) is 5.92 Å². The van der Waals surface area contributed by atoms with E-state index in [-0.39, 0.29) is 0 Å². The van der Waals surface area contributed by atoms with Crippen LogP contribution in [0.2, 0.25) is 0 Å². The lowest BCUT2D eigenvalue weighted by molar-refractivity contribution is 0.271. The number of hydrogen-bond acceptors (Lipinski definition) is 1. The molecule has 1 N–H and O–H groups in total. The predicted octanol–water partition coefficient (Wildman–Crippen LogP) is 3.34. The fourth-order valence-electron chi connectivity index (χ4n) is 2.52. The van der Waals surface area contributed by atoms with Crippen LogP contribution in [0.1, 0.15) is 58.8 Å². The minimum Gasteiger partial charge on any atom is -0.314 e. The first-order chi connectivity index (χ1) is 6.36. The molecule has 0 saturated heterocycles. The van der Waals surface area contributed by atoms with Crippen molar-refractivity contribution in [2.75, 3.05) is 6.54 Å². The highest BCUT2D eigenvalue weighted by Gasteiger charge is 2.20. The summed E-state index contributed by atoms with van der Waals surface area (Å²) in [4.78, 5) is 0. The lowest BCUT2D eigenvalue weighted by Crippen LogP contribution is -2.33. The third-order valence-electron chi connectivity index (χ3n) is 3.24. The Hall–Kier alpha value is -0.0400. The fraction of sp³-hybridized carbons (Fsp3) is 1.00. The Morgan fingerprint density at radius 1 is 1.23 bits per heavy atom. The van der Waals surface area contributed by atoms with Crippen molar-refractivity contribution in [3.8, 4) is 0 Å². The van der Waals surface area contributed by atoms with Gasteiger partial charge >= 0.3 is 0 Å². The number of rotatable bonds is 5. The molecule has 0 aromatic heterocycles. The summed E-state index contributed by atoms with van der Waals surface area (Å²) in [5.74, 6) is 1.03. The van der Waals surface area contributed by atoms with Gasteiger partial charge in [-0.3, -0.25) is 0 Å². The van der Waals surface area contributed by atoms with E-state index in [0.717, 1.165) is 18.5 Å². The number of unbranched alkanes of at least 4 members (excludes halogenated alkanes) is 1. The van der Waals surface area contributed by atoms with E-state index in [1.54, 1.807) is 0 Å². The Kier molecular flexibility index (Phi) is 5.45. The van der Waals surface area contributed by atoms with E-state index in [4.69, 9.17) is 0 Å². The molecule has 0 heterocycles. The summed E-state index contributed by atoms with van der Waals surface area (Å²) in [5.41, 5.74) is 0. The maximum absolute atomic E-state index is 3.59. The Balaban J connectivity index is 2.16. The zero-order valence-electron chi connectivity index (χ0n) is 9.31. The van der Waals surface area contributed by atoms with Crippen molar-refractivity contribution >= 4 is 0 Å². The molecule has 1 saturated carbocycles. The van der Waals surface area contributed by atoms with Gasteiger partial charge in [0.05, 0.1) is 0 Å². The van der Waals surface area contributed by atoms with Crippen LogP contribution in [0.3, 0.4) is 0 Å². The smallest absolute Gasteiger partial charge is 0.00695 e. The monoisotopic (exact) mass is 183 g/mol. The van der Waals surface area contributed by atoms with E-state index in [9.17, 15) is 0 Å². The highest BCUT2D eigenvalue weighted by molar-refractivity contribution is 4.77. The first-order valence-corrected chi connectivity index (χ1v) is 6.10. The first kappa shape index (κ1) is 11.0. The van der Waals surface area contributed by atoms with Crippen molar-refractivity contribution in [1.82, 2.24) is 5.32 Å². The minimum atomic E-state index is 0.834. The van der Waals surface area contributed by atoms with Gasteiger partial charge in [-0.25, -0.2) is 0 Å². The quantitative estimate of drug-likeness (QED) is 0.689. The van der Waals surface area contributed by atoms with Crippen LogP contribution in [0.25, 0.3) is 0 Å². The highest BCUT2D eigenvalue weighted by atomic mass is 14.9. The van der Waals surface area contributed by atoms with Gasteiger partial charge in [0, 0.05) is 6.04 Å². The standard InChI is InChI=1S/C12H25N/c1-3-5-7-11-8-6-9-12(10-11)13-4-2/h11-13H,3-10H2,1-2H3. The van der Waals surface area contributed by atoms with Gasteiger partial charge in [0.1, 0.15) is 0 Å². The minimum absolute atomic E-state index is 0.834. The van der Waals surface area contributed by atoms with Gasteiger partial charge in [-0.1, -0.05) is 46.0 Å². The van der Waals surface area contributed by atoms with Crippen LogP contribution < -0.4 is 5.32 Å². The van der Waals surface area contributed by atoms with Gasteiger partial charge in [-0.05, 0) is 25.3 Å². The summed E-state index contributed by atoms with van der Waals surface area (Å²) in [6.45, 7) is 5.66. The van der Waals surface area contributed by atoms with E-state index in [1.807, 2.05) is 0 Å². The van der Waals surface area contributed by atoms with Gasteiger partial charge in [-0.15, -0.1) is 0 Å². The Bertz CT molecular complexity index is 120. The Morgan fingerprint density at radius 3 is 2.77 bits per heavy atom. The second kappa shape index (κ2) is 6.42. The Morgan fingerprint density at radius 2 is 2.08 bits per heavy atom. The van der Waals surface area contributed by atoms with E-state index >= 15 is 0 Å². The van der Waals surface area contributed by atoms with Crippen LogP contribution in [0, 0.1) is 5.92 Å². The molecule has 0 bridgehead atoms. The zero-order valence-corrected chi connectivity index (χ0v) is 9.31. The molecule has 0 aromatic rings. The summed E-state index contributed by atoms with van der Waals surface area (Å²) >= 11 is 0. The summed E-state index contributed by atoms with van der Waals surface area (Å²) in [5, 5.41) is 3.59. The average molecular weight is 183 g/mol. The van der Waals surface area contributed by atoms with Crippen LogP contribution in [-0.2, 0) is 0 Å². The van der Waals surface area contributed by atoms with Crippen LogP contribution in [-0.4, -0.2) is 12.6 Å². The molecule has 2 unspecified atom stereocenters. The van der Waals surface area contributed by atoms with Crippen molar-refractivity contribution in [3.05, 3.63) is 0 Å². The molecule has 0 radical (unpaired) electrons. The second-order valence-electron chi connectivity index (χ2n) is 4.43. The van der Waals surface area contributed by atoms with Gasteiger partial charge in [-0.2, -0.15) is 0 Å². The molecule has 1 aliphatic carbocycles. The van der Waals surface area contributed by atoms with E-state index in [2.05, 4.69) is 19.2 Å². The fourth-order valence-corrected chi connectivity index (χ4v) is 2.52. The number of nitrogens with one attached hydrogen (secondary N) is 1. The first-order valence-electron chi connectivity index (χ1n) is 6.10. The predicted molar refractivity (Wildman–Crippen MR) is 58.9 cm³/mol. The van der Waals surface area contributed by atoms with Gasteiger partial charge in [0.25, 0.3) is 0 Å². The summed E-state index contributed by atoms with van der Waals surface area (Å²) in [6.07, 6.45) is 10.1. The normalized spacial score (nSPS) is 29.1. The van der Waals surface area contributed by atoms with Crippen molar-refractivity contribution < 1.29 is 0 Å². The molecule has 1 aliphatic rings. The number of hydrogen-bond donors (Lipinski definition) is 1. The summed E-state index contributed by atoms with van der Waals surface area (Å²) < 4.78 is 0. The van der Waals surface area contributed by atoms with Crippen molar-refractivity contribution in [1.29, 1.82) is 0 Å². The molecule has 1 fully saturated rings. The molecule has 0 amide bonds. The van der Waals surface area contributed by atoms with E-state index in [0.29, 0.717) is 0 Å².